The van der Waals surface area contributed by atoms with Crippen molar-refractivity contribution in [2.75, 3.05) is 0 Å². The van der Waals surface area contributed by atoms with Gasteiger partial charge in [-0.1, -0.05) is 69.8 Å². The van der Waals surface area contributed by atoms with Gasteiger partial charge in [-0.2, -0.15) is 0 Å². The largest absolute Gasteiger partial charge is 0.0877 e. The normalized spacial score (nSPS) is 11.9. The third-order valence-corrected chi connectivity index (χ3v) is 2.41. The first kappa shape index (κ1) is 13.5. The molecule has 0 aromatic heterocycles. The fourth-order valence-electron chi connectivity index (χ4n) is 1.51. The van der Waals surface area contributed by atoms with Crippen molar-refractivity contribution in [2.45, 2.75) is 65.2 Å². The van der Waals surface area contributed by atoms with Crippen molar-refractivity contribution in [1.82, 2.24) is 0 Å². The van der Waals surface area contributed by atoms with E-state index in [1.165, 1.54) is 51.4 Å². The van der Waals surface area contributed by atoms with Crippen molar-refractivity contribution in [2.24, 2.45) is 0 Å². The van der Waals surface area contributed by atoms with Crippen LogP contribution in [-0.4, -0.2) is 0 Å². The Kier molecular flexibility index (Phi) is 12.0. The Balaban J connectivity index is 2.98. The van der Waals surface area contributed by atoms with Gasteiger partial charge in [0, 0.05) is 0 Å². The zero-order chi connectivity index (χ0) is 10.5. The molecule has 82 valence electrons. The lowest BCUT2D eigenvalue weighted by atomic mass is 10.1. The van der Waals surface area contributed by atoms with Gasteiger partial charge in [-0.3, -0.25) is 0 Å². The Labute approximate surface area is 90.1 Å². The second-order valence-electron chi connectivity index (χ2n) is 3.86. The lowest BCUT2D eigenvalue weighted by Gasteiger charge is -1.98. The molecule has 0 aromatic rings. The number of unbranched alkanes of at least 4 members (excludes halogenated alkanes) is 7. The Morgan fingerprint density at radius 1 is 0.786 bits per heavy atom. The smallest absolute Gasteiger partial charge is 0.0348 e. The molecular formula is C14H26. The van der Waals surface area contributed by atoms with E-state index in [2.05, 4.69) is 38.2 Å². The van der Waals surface area contributed by atoms with E-state index in [1.807, 2.05) is 0 Å². The summed E-state index contributed by atoms with van der Waals surface area (Å²) in [7, 11) is 0. The van der Waals surface area contributed by atoms with Gasteiger partial charge in [0.1, 0.15) is 0 Å². The quantitative estimate of drug-likeness (QED) is 0.347. The molecule has 0 nitrogen and oxygen atoms in total. The van der Waals surface area contributed by atoms with Gasteiger partial charge in [-0.15, -0.1) is 0 Å². The molecule has 0 rings (SSSR count). The van der Waals surface area contributed by atoms with Crippen LogP contribution in [0, 0.1) is 0 Å². The average Bonchev–Trinajstić information content (AvgIpc) is 2.21. The molecule has 0 aromatic carbocycles. The van der Waals surface area contributed by atoms with Crippen molar-refractivity contribution in [3.05, 3.63) is 24.3 Å². The molecule has 0 fully saturated rings. The molecule has 0 unspecified atom stereocenters. The molecule has 0 atom stereocenters. The third-order valence-electron chi connectivity index (χ3n) is 2.41. The lowest BCUT2D eigenvalue weighted by Crippen LogP contribution is -1.78. The van der Waals surface area contributed by atoms with E-state index in [0.29, 0.717) is 0 Å². The lowest BCUT2D eigenvalue weighted by molar-refractivity contribution is 0.592. The van der Waals surface area contributed by atoms with Crippen molar-refractivity contribution >= 4 is 0 Å². The molecule has 0 radical (unpaired) electrons. The predicted octanol–water partition coefficient (Wildman–Crippen LogP) is 5.26. The summed E-state index contributed by atoms with van der Waals surface area (Å²) >= 11 is 0. The van der Waals surface area contributed by atoms with Crippen LogP contribution in [0.3, 0.4) is 0 Å². The Morgan fingerprint density at radius 3 is 2.07 bits per heavy atom. The highest BCUT2D eigenvalue weighted by molar-refractivity contribution is 5.00. The number of rotatable bonds is 9. The number of hydrogen-bond donors (Lipinski definition) is 0. The second-order valence-corrected chi connectivity index (χ2v) is 3.86. The van der Waals surface area contributed by atoms with Gasteiger partial charge < -0.3 is 0 Å². The summed E-state index contributed by atoms with van der Waals surface area (Å²) in [6.07, 6.45) is 19.7. The maximum absolute atomic E-state index is 2.27. The zero-order valence-electron chi connectivity index (χ0n) is 9.97. The Morgan fingerprint density at radius 2 is 1.43 bits per heavy atom. The molecule has 0 N–H and O–H groups in total. The van der Waals surface area contributed by atoms with E-state index in [4.69, 9.17) is 0 Å². The van der Waals surface area contributed by atoms with E-state index in [1.54, 1.807) is 0 Å². The molecule has 0 heteroatoms. The van der Waals surface area contributed by atoms with Crippen LogP contribution in [0.25, 0.3) is 0 Å². The van der Waals surface area contributed by atoms with Crippen LogP contribution in [0.5, 0.6) is 0 Å². The van der Waals surface area contributed by atoms with Gasteiger partial charge in [0.05, 0.1) is 0 Å². The predicted molar refractivity (Wildman–Crippen MR) is 66.6 cm³/mol. The van der Waals surface area contributed by atoms with Crippen LogP contribution < -0.4 is 0 Å². The van der Waals surface area contributed by atoms with Gasteiger partial charge in [0.15, 0.2) is 0 Å². The molecule has 0 aliphatic heterocycles. The van der Waals surface area contributed by atoms with Gasteiger partial charge in [0.25, 0.3) is 0 Å². The van der Waals surface area contributed by atoms with E-state index in [9.17, 15) is 0 Å². The summed E-state index contributed by atoms with van der Waals surface area (Å²) in [5, 5.41) is 0. The highest BCUT2D eigenvalue weighted by Gasteiger charge is 1.88. The summed E-state index contributed by atoms with van der Waals surface area (Å²) in [6.45, 7) is 4.32. The van der Waals surface area contributed by atoms with Crippen molar-refractivity contribution in [3.63, 3.8) is 0 Å². The van der Waals surface area contributed by atoms with Crippen LogP contribution in [-0.2, 0) is 0 Å². The molecule has 14 heavy (non-hydrogen) atoms. The average molecular weight is 194 g/mol. The molecular weight excluding hydrogens is 168 g/mol. The molecule has 0 aliphatic rings. The van der Waals surface area contributed by atoms with Crippen LogP contribution in [0.2, 0.25) is 0 Å². The Bertz CT molecular complexity index is 142. The molecule has 0 bridgehead atoms. The van der Waals surface area contributed by atoms with Crippen LogP contribution in [0.4, 0.5) is 0 Å². The minimum atomic E-state index is 1.25. The summed E-state index contributed by atoms with van der Waals surface area (Å²) in [6, 6.07) is 0. The molecule has 0 saturated heterocycles. The second kappa shape index (κ2) is 12.5. The zero-order valence-corrected chi connectivity index (χ0v) is 9.97. The molecule has 0 aliphatic carbocycles. The maximum Gasteiger partial charge on any atom is -0.0348 e. The van der Waals surface area contributed by atoms with Crippen LogP contribution >= 0.6 is 0 Å². The van der Waals surface area contributed by atoms with E-state index in [-0.39, 0.29) is 0 Å². The molecule has 0 spiro atoms. The Hall–Kier alpha value is -0.520. The minimum Gasteiger partial charge on any atom is -0.0877 e. The molecule has 0 amide bonds. The van der Waals surface area contributed by atoms with Crippen molar-refractivity contribution in [3.8, 4) is 0 Å². The monoisotopic (exact) mass is 194 g/mol. The summed E-state index contributed by atoms with van der Waals surface area (Å²) in [5.41, 5.74) is 0. The first-order chi connectivity index (χ1) is 6.91. The number of allylic oxidation sites excluding steroid dienone is 4. The molecule has 0 heterocycles. The first-order valence-electron chi connectivity index (χ1n) is 6.19. The summed E-state index contributed by atoms with van der Waals surface area (Å²) < 4.78 is 0. The summed E-state index contributed by atoms with van der Waals surface area (Å²) in [4.78, 5) is 0. The van der Waals surface area contributed by atoms with Crippen molar-refractivity contribution < 1.29 is 0 Å². The fraction of sp³-hybridized carbons (Fsp3) is 0.714. The highest BCUT2D eigenvalue weighted by Crippen LogP contribution is 2.08. The van der Waals surface area contributed by atoms with Gasteiger partial charge in [0.2, 0.25) is 0 Å². The summed E-state index contributed by atoms with van der Waals surface area (Å²) in [5.74, 6) is 0. The third kappa shape index (κ3) is 11.5. The van der Waals surface area contributed by atoms with Gasteiger partial charge >= 0.3 is 0 Å². The maximum atomic E-state index is 2.27. The molecule has 0 saturated carbocycles. The standard InChI is InChI=1S/C14H26/c1-3-5-7-9-11-13-14-12-10-8-6-4-2/h3,5,7,9H,4,6,8,10-14H2,1-2H3. The van der Waals surface area contributed by atoms with Gasteiger partial charge in [-0.25, -0.2) is 0 Å². The van der Waals surface area contributed by atoms with Crippen LogP contribution in [0.15, 0.2) is 24.3 Å². The van der Waals surface area contributed by atoms with E-state index >= 15 is 0 Å². The van der Waals surface area contributed by atoms with Crippen molar-refractivity contribution in [1.29, 1.82) is 0 Å². The topological polar surface area (TPSA) is 0 Å². The van der Waals surface area contributed by atoms with E-state index in [0.717, 1.165) is 0 Å². The highest BCUT2D eigenvalue weighted by atomic mass is 13.9. The van der Waals surface area contributed by atoms with Gasteiger partial charge in [-0.05, 0) is 19.8 Å². The van der Waals surface area contributed by atoms with E-state index < -0.39 is 0 Å². The minimum absolute atomic E-state index is 1.25. The SMILES string of the molecule is CC=CC=CCCCCCCCCC. The fourth-order valence-corrected chi connectivity index (χ4v) is 1.51. The van der Waals surface area contributed by atoms with Crippen LogP contribution in [0.1, 0.15) is 65.2 Å². The first-order valence-corrected chi connectivity index (χ1v) is 6.19. The number of hydrogen-bond acceptors (Lipinski definition) is 0.